The van der Waals surface area contributed by atoms with Gasteiger partial charge in [-0.1, -0.05) is 6.07 Å². The van der Waals surface area contributed by atoms with E-state index in [-0.39, 0.29) is 30.3 Å². The summed E-state index contributed by atoms with van der Waals surface area (Å²) in [6.45, 7) is 1.48. The van der Waals surface area contributed by atoms with E-state index >= 15 is 0 Å². The minimum absolute atomic E-state index is 0.00625. The zero-order valence-electron chi connectivity index (χ0n) is 13.0. The number of methoxy groups -OCH3 is 1. The highest BCUT2D eigenvalue weighted by atomic mass is 16.5. The molecule has 5 nitrogen and oxygen atoms in total. The summed E-state index contributed by atoms with van der Waals surface area (Å²) in [5, 5.41) is 2.80. The zero-order chi connectivity index (χ0) is 16.2. The molecule has 1 atom stereocenters. The first kappa shape index (κ1) is 16.2. The molecule has 2 rings (SSSR count). The molecular weight excluding hydrogens is 282 g/mol. The molecule has 118 valence electrons. The fraction of sp³-hybridized carbons (Fsp3) is 0.471. The molecule has 0 spiro atoms. The molecule has 5 heteroatoms. The molecule has 1 N–H and O–H groups in total. The Hall–Kier alpha value is -2.17. The number of carbonyl (C=O) groups is 3. The predicted octanol–water partition coefficient (Wildman–Crippen LogP) is 2.74. The third-order valence-corrected chi connectivity index (χ3v) is 4.21. The number of hydrogen-bond acceptors (Lipinski definition) is 4. The lowest BCUT2D eigenvalue weighted by Crippen LogP contribution is -2.40. The number of carbonyl (C=O) groups excluding carboxylic acids is 3. The van der Waals surface area contributed by atoms with Crippen molar-refractivity contribution in [3.63, 3.8) is 0 Å². The number of rotatable bonds is 6. The van der Waals surface area contributed by atoms with Crippen molar-refractivity contribution < 1.29 is 19.1 Å². The molecule has 0 aliphatic heterocycles. The van der Waals surface area contributed by atoms with Crippen LogP contribution in [0, 0.1) is 5.41 Å². The first-order valence-corrected chi connectivity index (χ1v) is 7.46. The van der Waals surface area contributed by atoms with E-state index in [0.29, 0.717) is 30.7 Å². The van der Waals surface area contributed by atoms with Gasteiger partial charge in [0.2, 0.25) is 5.91 Å². The van der Waals surface area contributed by atoms with Crippen molar-refractivity contribution in [3.8, 4) is 5.75 Å². The Balaban J connectivity index is 2.18. The maximum absolute atomic E-state index is 12.7. The van der Waals surface area contributed by atoms with E-state index in [1.54, 1.807) is 31.4 Å². The number of nitrogens with one attached hydrogen (secondary N) is 1. The zero-order valence-corrected chi connectivity index (χ0v) is 13.0. The molecule has 1 fully saturated rings. The third kappa shape index (κ3) is 3.35. The number of ketones is 2. The molecule has 0 aromatic heterocycles. The summed E-state index contributed by atoms with van der Waals surface area (Å²) in [6.07, 6.45) is 2.15. The van der Waals surface area contributed by atoms with Crippen molar-refractivity contribution in [2.75, 3.05) is 12.4 Å². The minimum atomic E-state index is -1.06. The molecule has 1 aliphatic carbocycles. The molecule has 0 heterocycles. The average molecular weight is 303 g/mol. The second-order valence-electron chi connectivity index (χ2n) is 5.75. The highest BCUT2D eigenvalue weighted by Crippen LogP contribution is 2.40. The van der Waals surface area contributed by atoms with Gasteiger partial charge < -0.3 is 14.8 Å². The van der Waals surface area contributed by atoms with Gasteiger partial charge in [-0.2, -0.15) is 0 Å². The number of amides is 1. The van der Waals surface area contributed by atoms with Crippen LogP contribution >= 0.6 is 0 Å². The van der Waals surface area contributed by atoms with Crippen LogP contribution in [0.4, 0.5) is 5.69 Å². The first-order chi connectivity index (χ1) is 10.5. The van der Waals surface area contributed by atoms with Gasteiger partial charge in [0, 0.05) is 24.6 Å². The van der Waals surface area contributed by atoms with E-state index in [4.69, 9.17) is 4.74 Å². The predicted molar refractivity (Wildman–Crippen MR) is 82.8 cm³/mol. The van der Waals surface area contributed by atoms with Crippen LogP contribution in [0.15, 0.2) is 24.3 Å². The quantitative estimate of drug-likeness (QED) is 0.820. The van der Waals surface area contributed by atoms with Gasteiger partial charge in [0.1, 0.15) is 22.7 Å². The second-order valence-corrected chi connectivity index (χ2v) is 5.75. The van der Waals surface area contributed by atoms with Gasteiger partial charge >= 0.3 is 0 Å². The Kier molecular flexibility index (Phi) is 4.96. The van der Waals surface area contributed by atoms with E-state index in [2.05, 4.69) is 5.32 Å². The van der Waals surface area contributed by atoms with Crippen LogP contribution in [0.1, 0.15) is 39.0 Å². The molecular formula is C17H21NO4. The molecule has 1 saturated carbocycles. The van der Waals surface area contributed by atoms with Gasteiger partial charge in [0.05, 0.1) is 7.11 Å². The Morgan fingerprint density at radius 1 is 1.36 bits per heavy atom. The topological polar surface area (TPSA) is 72.5 Å². The van der Waals surface area contributed by atoms with Crippen LogP contribution in [0.3, 0.4) is 0 Å². The maximum atomic E-state index is 12.7. The van der Waals surface area contributed by atoms with E-state index in [9.17, 15) is 14.4 Å². The molecule has 0 saturated heterocycles. The number of anilines is 1. The molecule has 0 bridgehead atoms. The third-order valence-electron chi connectivity index (χ3n) is 4.21. The van der Waals surface area contributed by atoms with Crippen LogP contribution in [-0.2, 0) is 14.4 Å². The number of hydrogen-bond donors (Lipinski definition) is 1. The van der Waals surface area contributed by atoms with Crippen LogP contribution in [0.5, 0.6) is 5.75 Å². The lowest BCUT2D eigenvalue weighted by Gasteiger charge is -2.25. The summed E-state index contributed by atoms with van der Waals surface area (Å²) in [7, 11) is 1.55. The second kappa shape index (κ2) is 6.73. The molecule has 0 radical (unpaired) electrons. The summed E-state index contributed by atoms with van der Waals surface area (Å²) in [5.41, 5.74) is -0.472. The Bertz CT molecular complexity index is 596. The van der Waals surface area contributed by atoms with Crippen molar-refractivity contribution in [2.24, 2.45) is 5.41 Å². The average Bonchev–Trinajstić information content (AvgIpc) is 2.87. The Morgan fingerprint density at radius 3 is 2.73 bits per heavy atom. The normalized spacial score (nSPS) is 20.7. The van der Waals surface area contributed by atoms with Crippen molar-refractivity contribution in [1.29, 1.82) is 0 Å². The van der Waals surface area contributed by atoms with Gasteiger partial charge in [-0.05, 0) is 38.3 Å². The lowest BCUT2D eigenvalue weighted by molar-refractivity contribution is -0.137. The summed E-state index contributed by atoms with van der Waals surface area (Å²) in [4.78, 5) is 36.2. The summed E-state index contributed by atoms with van der Waals surface area (Å²) >= 11 is 0. The summed E-state index contributed by atoms with van der Waals surface area (Å²) in [6, 6.07) is 7.00. The van der Waals surface area contributed by atoms with Crippen LogP contribution in [0.2, 0.25) is 0 Å². The van der Waals surface area contributed by atoms with Crippen LogP contribution < -0.4 is 10.1 Å². The monoisotopic (exact) mass is 303 g/mol. The van der Waals surface area contributed by atoms with Gasteiger partial charge in [-0.15, -0.1) is 0 Å². The number of benzene rings is 1. The van der Waals surface area contributed by atoms with E-state index in [1.807, 2.05) is 0 Å². The highest BCUT2D eigenvalue weighted by molar-refractivity contribution is 6.12. The molecule has 1 aromatic carbocycles. The Morgan fingerprint density at radius 2 is 2.14 bits per heavy atom. The summed E-state index contributed by atoms with van der Waals surface area (Å²) in [5.74, 6) is 0.250. The standard InChI is InChI=1S/C17H21NO4/c1-12(19)8-10-17(9-4-7-15(17)20)16(21)18-13-5-3-6-14(11-13)22-2/h3,5-6,11H,4,7-10H2,1-2H3,(H,18,21)/t17-/m0/s1. The van der Waals surface area contributed by atoms with Crippen molar-refractivity contribution in [2.45, 2.75) is 39.0 Å². The van der Waals surface area contributed by atoms with Crippen molar-refractivity contribution in [3.05, 3.63) is 24.3 Å². The van der Waals surface area contributed by atoms with Crippen molar-refractivity contribution >= 4 is 23.2 Å². The van der Waals surface area contributed by atoms with Gasteiger partial charge in [-0.3, -0.25) is 9.59 Å². The van der Waals surface area contributed by atoms with E-state index < -0.39 is 5.41 Å². The fourth-order valence-electron chi connectivity index (χ4n) is 2.89. The number of ether oxygens (including phenoxy) is 1. The van der Waals surface area contributed by atoms with Crippen LogP contribution in [0.25, 0.3) is 0 Å². The van der Waals surface area contributed by atoms with Gasteiger partial charge in [0.15, 0.2) is 0 Å². The first-order valence-electron chi connectivity index (χ1n) is 7.46. The minimum Gasteiger partial charge on any atom is -0.497 e. The Labute approximate surface area is 130 Å². The molecule has 22 heavy (non-hydrogen) atoms. The van der Waals surface area contributed by atoms with E-state index in [1.165, 1.54) is 6.92 Å². The van der Waals surface area contributed by atoms with E-state index in [0.717, 1.165) is 0 Å². The van der Waals surface area contributed by atoms with Gasteiger partial charge in [0.25, 0.3) is 0 Å². The maximum Gasteiger partial charge on any atom is 0.238 e. The molecule has 0 unspecified atom stereocenters. The summed E-state index contributed by atoms with van der Waals surface area (Å²) < 4.78 is 5.12. The van der Waals surface area contributed by atoms with Gasteiger partial charge in [-0.25, -0.2) is 0 Å². The molecule has 1 aliphatic rings. The number of Topliss-reactive ketones (excluding diaryl/α,β-unsaturated/α-hetero) is 2. The smallest absolute Gasteiger partial charge is 0.238 e. The lowest BCUT2D eigenvalue weighted by atomic mass is 9.79. The SMILES string of the molecule is COc1cccc(NC(=O)[C@]2(CCC(C)=O)CCCC2=O)c1. The largest absolute Gasteiger partial charge is 0.497 e. The fourth-order valence-corrected chi connectivity index (χ4v) is 2.89. The molecule has 1 aromatic rings. The van der Waals surface area contributed by atoms with Crippen molar-refractivity contribution in [1.82, 2.24) is 0 Å². The highest BCUT2D eigenvalue weighted by Gasteiger charge is 2.48. The van der Waals surface area contributed by atoms with Crippen LogP contribution in [-0.4, -0.2) is 24.6 Å². The molecule has 1 amide bonds.